The molecule has 5 rings (SSSR count). The second-order valence-electron chi connectivity index (χ2n) is 19.7. The van der Waals surface area contributed by atoms with Gasteiger partial charge in [-0.2, -0.15) is 0 Å². The van der Waals surface area contributed by atoms with Gasteiger partial charge in [0.25, 0.3) is 0 Å². The van der Waals surface area contributed by atoms with Crippen molar-refractivity contribution in [1.82, 2.24) is 5.32 Å². The molecule has 11 atom stereocenters. The van der Waals surface area contributed by atoms with Gasteiger partial charge in [0.05, 0.1) is 17.3 Å². The number of carboxylic acid groups (broad SMARTS) is 2. The molecular weight excluding hydrogens is 644 g/mol. The molecule has 5 saturated carbocycles. The molecule has 1 amide bonds. The summed E-state index contributed by atoms with van der Waals surface area (Å²) >= 11 is 0. The average Bonchev–Trinajstić information content (AvgIpc) is 3.43. The normalized spacial score (nSPS) is 40.4. The largest absolute Gasteiger partial charge is 0.481 e. The van der Waals surface area contributed by atoms with Gasteiger partial charge in [0.2, 0.25) is 5.91 Å². The third-order valence-corrected chi connectivity index (χ3v) is 16.4. The number of nitrogens with two attached hydrogens (primary N) is 1. The van der Waals surface area contributed by atoms with Crippen molar-refractivity contribution < 1.29 is 34.1 Å². The number of hydrogen-bond donors (Lipinski definition) is 4. The Labute approximate surface area is 306 Å². The Morgan fingerprint density at radius 3 is 2.18 bits per heavy atom. The summed E-state index contributed by atoms with van der Waals surface area (Å²) in [6.45, 7) is 22.3. The smallest absolute Gasteiger partial charge is 0.326 e. The van der Waals surface area contributed by atoms with Gasteiger partial charge in [-0.15, -0.1) is 0 Å². The number of fused-ring (bicyclic) bond motifs is 7. The lowest BCUT2D eigenvalue weighted by Gasteiger charge is -2.72. The fraction of sp³-hybridized carbons (Fsp3) is 0.857. The maximum atomic E-state index is 14.5. The Morgan fingerprint density at radius 1 is 0.882 bits per heavy atom. The van der Waals surface area contributed by atoms with Crippen molar-refractivity contribution in [3.05, 3.63) is 12.2 Å². The summed E-state index contributed by atoms with van der Waals surface area (Å²) in [6.07, 6.45) is 10.8. The summed E-state index contributed by atoms with van der Waals surface area (Å²) in [5, 5.41) is 22.7. The van der Waals surface area contributed by atoms with E-state index in [-0.39, 0.29) is 51.9 Å². The van der Waals surface area contributed by atoms with Crippen LogP contribution in [0.5, 0.6) is 0 Å². The number of carboxylic acids is 2. The van der Waals surface area contributed by atoms with Crippen molar-refractivity contribution in [2.24, 2.45) is 67.8 Å². The number of carbonyl (C=O) groups is 4. The maximum absolute atomic E-state index is 14.5. The van der Waals surface area contributed by atoms with E-state index in [0.29, 0.717) is 37.1 Å². The third-order valence-electron chi connectivity index (χ3n) is 16.4. The minimum absolute atomic E-state index is 0.0135. The fourth-order valence-corrected chi connectivity index (χ4v) is 13.4. The molecule has 0 saturated heterocycles. The Kier molecular flexibility index (Phi) is 10.7. The first-order chi connectivity index (χ1) is 23.6. The first-order valence-corrected chi connectivity index (χ1v) is 19.9. The van der Waals surface area contributed by atoms with Crippen LogP contribution in [-0.2, 0) is 23.9 Å². The molecule has 5 N–H and O–H groups in total. The highest BCUT2D eigenvalue weighted by atomic mass is 16.5. The second kappa shape index (κ2) is 13.8. The predicted molar refractivity (Wildman–Crippen MR) is 197 cm³/mol. The molecule has 0 spiro atoms. The topological polar surface area (TPSA) is 156 Å². The lowest BCUT2D eigenvalue weighted by Crippen LogP contribution is -2.67. The maximum Gasteiger partial charge on any atom is 0.326 e. The molecule has 5 aliphatic rings. The Hall–Kier alpha value is -2.42. The molecule has 288 valence electrons. The van der Waals surface area contributed by atoms with E-state index in [1.165, 1.54) is 0 Å². The second-order valence-corrected chi connectivity index (χ2v) is 19.7. The van der Waals surface area contributed by atoms with Crippen molar-refractivity contribution in [2.45, 2.75) is 157 Å². The SMILES string of the molecule is C=C(C)[C@@H]1CC[C@]2(C(=O)NC(CCCCN)C(=O)O)CC[C@]3(C)[C@H](CC[C@@H]4[C@@]5(C)CC[C@H](OC(=O)CC(C)(C)C(=O)O)C(C)(C)[C@@H]5CC[C@]43C)[C@@H]12. The van der Waals surface area contributed by atoms with E-state index in [9.17, 15) is 29.4 Å². The Morgan fingerprint density at radius 2 is 1.57 bits per heavy atom. The number of hydrogen-bond acceptors (Lipinski definition) is 6. The van der Waals surface area contributed by atoms with Crippen molar-refractivity contribution >= 4 is 23.8 Å². The van der Waals surface area contributed by atoms with Crippen LogP contribution in [0.15, 0.2) is 12.2 Å². The first-order valence-electron chi connectivity index (χ1n) is 19.9. The summed E-state index contributed by atoms with van der Waals surface area (Å²) < 4.78 is 6.15. The van der Waals surface area contributed by atoms with Crippen LogP contribution in [0.3, 0.4) is 0 Å². The van der Waals surface area contributed by atoms with E-state index < -0.39 is 34.8 Å². The minimum atomic E-state index is -1.17. The molecule has 0 heterocycles. The molecule has 1 unspecified atom stereocenters. The van der Waals surface area contributed by atoms with Crippen molar-refractivity contribution in [3.63, 3.8) is 0 Å². The number of ether oxygens (including phenoxy) is 1. The molecule has 9 nitrogen and oxygen atoms in total. The zero-order chi connectivity index (χ0) is 37.9. The van der Waals surface area contributed by atoms with Gasteiger partial charge in [0.15, 0.2) is 0 Å². The predicted octanol–water partition coefficient (Wildman–Crippen LogP) is 7.76. The van der Waals surface area contributed by atoms with E-state index in [1.807, 2.05) is 0 Å². The molecule has 0 bridgehead atoms. The number of esters is 1. The van der Waals surface area contributed by atoms with E-state index >= 15 is 0 Å². The van der Waals surface area contributed by atoms with Crippen LogP contribution < -0.4 is 11.1 Å². The van der Waals surface area contributed by atoms with Gasteiger partial charge in [-0.3, -0.25) is 14.4 Å². The quantitative estimate of drug-likeness (QED) is 0.0909. The Bertz CT molecular complexity index is 1410. The zero-order valence-corrected chi connectivity index (χ0v) is 32.9. The highest BCUT2D eigenvalue weighted by Gasteiger charge is 2.72. The van der Waals surface area contributed by atoms with Crippen LogP contribution in [0, 0.1) is 62.1 Å². The van der Waals surface area contributed by atoms with E-state index in [0.717, 1.165) is 76.2 Å². The number of carbonyl (C=O) groups excluding carboxylic acids is 2. The number of nitrogens with one attached hydrogen (secondary N) is 1. The van der Waals surface area contributed by atoms with Gasteiger partial charge in [-0.1, -0.05) is 46.8 Å². The number of amides is 1. The van der Waals surface area contributed by atoms with E-state index in [4.69, 9.17) is 10.5 Å². The minimum Gasteiger partial charge on any atom is -0.481 e. The molecule has 5 fully saturated rings. The van der Waals surface area contributed by atoms with E-state index in [2.05, 4.69) is 53.4 Å². The number of aliphatic carboxylic acids is 2. The number of allylic oxidation sites excluding steroid dienone is 1. The first kappa shape index (κ1) is 39.8. The highest BCUT2D eigenvalue weighted by Crippen LogP contribution is 2.77. The van der Waals surface area contributed by atoms with Crippen molar-refractivity contribution in [2.75, 3.05) is 6.54 Å². The van der Waals surface area contributed by atoms with Crippen LogP contribution in [0.4, 0.5) is 0 Å². The van der Waals surface area contributed by atoms with Gasteiger partial charge in [0.1, 0.15) is 12.1 Å². The third kappa shape index (κ3) is 6.37. The van der Waals surface area contributed by atoms with Crippen LogP contribution in [-0.4, -0.2) is 52.7 Å². The van der Waals surface area contributed by atoms with Gasteiger partial charge >= 0.3 is 17.9 Å². The highest BCUT2D eigenvalue weighted by molar-refractivity contribution is 5.88. The molecule has 0 radical (unpaired) electrons. The van der Waals surface area contributed by atoms with Gasteiger partial charge in [-0.05, 0) is 157 Å². The average molecular weight is 713 g/mol. The summed E-state index contributed by atoms with van der Waals surface area (Å²) in [6, 6.07) is -0.902. The van der Waals surface area contributed by atoms with Gasteiger partial charge in [-0.25, -0.2) is 4.79 Å². The molecule has 5 aliphatic carbocycles. The molecule has 9 heteroatoms. The monoisotopic (exact) mass is 713 g/mol. The summed E-state index contributed by atoms with van der Waals surface area (Å²) in [7, 11) is 0. The lowest BCUT2D eigenvalue weighted by atomic mass is 9.32. The van der Waals surface area contributed by atoms with Crippen LogP contribution in [0.2, 0.25) is 0 Å². The molecule has 0 aromatic rings. The fourth-order valence-electron chi connectivity index (χ4n) is 13.4. The van der Waals surface area contributed by atoms with Crippen LogP contribution >= 0.6 is 0 Å². The lowest BCUT2D eigenvalue weighted by molar-refractivity contribution is -0.249. The molecular formula is C42H68N2O7. The molecule has 0 aromatic heterocycles. The summed E-state index contributed by atoms with van der Waals surface area (Å²) in [5.41, 5.74) is 4.94. The van der Waals surface area contributed by atoms with Gasteiger partial charge in [0, 0.05) is 5.41 Å². The summed E-state index contributed by atoms with van der Waals surface area (Å²) in [4.78, 5) is 51.6. The van der Waals surface area contributed by atoms with Crippen molar-refractivity contribution in [3.8, 4) is 0 Å². The number of rotatable bonds is 12. The standard InChI is InChI=1S/C42H68N2O7/c1-25(2)26-15-20-42(35(48)44-28(34(46)47)12-10-11-23-43)22-21-40(8)27(33(26)42)13-14-30-39(7)18-17-31(51-32(45)24-37(3,4)36(49)50)38(5,6)29(39)16-19-41(30,40)9/h26-31,33H,1,10-24,43H2,2-9H3,(H,44,48)(H,46,47)(H,49,50)/t26-,27+,28?,29-,30+,31-,33+,39-,40+,41+,42-/m0/s1. The summed E-state index contributed by atoms with van der Waals surface area (Å²) in [5.74, 6) is -0.913. The Balaban J connectivity index is 1.41. The molecule has 51 heavy (non-hydrogen) atoms. The number of unbranched alkanes of at least 4 members (excludes halogenated alkanes) is 1. The van der Waals surface area contributed by atoms with E-state index in [1.54, 1.807) is 13.8 Å². The molecule has 0 aromatic carbocycles. The van der Waals surface area contributed by atoms with Gasteiger partial charge < -0.3 is 26.0 Å². The van der Waals surface area contributed by atoms with Crippen molar-refractivity contribution in [1.29, 1.82) is 0 Å². The molecule has 0 aliphatic heterocycles. The zero-order valence-electron chi connectivity index (χ0n) is 32.9. The van der Waals surface area contributed by atoms with Crippen LogP contribution in [0.1, 0.15) is 145 Å². The van der Waals surface area contributed by atoms with Crippen LogP contribution in [0.25, 0.3) is 0 Å².